The van der Waals surface area contributed by atoms with Crippen LogP contribution in [0.5, 0.6) is 0 Å². The number of hydrogen-bond donors (Lipinski definition) is 1. The van der Waals surface area contributed by atoms with Crippen molar-refractivity contribution in [3.8, 4) is 0 Å². The van der Waals surface area contributed by atoms with Gasteiger partial charge in [0.05, 0.1) is 11.3 Å². The first-order valence-corrected chi connectivity index (χ1v) is 7.85. The number of aromatic nitrogens is 2. The zero-order chi connectivity index (χ0) is 15.1. The van der Waals surface area contributed by atoms with Crippen LogP contribution in [0.3, 0.4) is 0 Å². The van der Waals surface area contributed by atoms with Crippen LogP contribution in [0.2, 0.25) is 0 Å². The van der Waals surface area contributed by atoms with Gasteiger partial charge in [0.1, 0.15) is 5.82 Å². The smallest absolute Gasteiger partial charge is 0.257 e. The van der Waals surface area contributed by atoms with Crippen LogP contribution in [0, 0.1) is 18.8 Å². The van der Waals surface area contributed by atoms with Gasteiger partial charge in [-0.25, -0.2) is 9.97 Å². The van der Waals surface area contributed by atoms with E-state index in [-0.39, 0.29) is 30.3 Å². The maximum absolute atomic E-state index is 12.8. The van der Waals surface area contributed by atoms with Crippen LogP contribution in [0.4, 0.5) is 0 Å². The molecule has 0 aromatic carbocycles. The van der Waals surface area contributed by atoms with Gasteiger partial charge in [-0.05, 0) is 37.5 Å². The fraction of sp³-hybridized carbons (Fsp3) is 0.688. The number of hydrogen-bond acceptors (Lipinski definition) is 4. The fourth-order valence-corrected chi connectivity index (χ4v) is 3.74. The van der Waals surface area contributed by atoms with Crippen molar-refractivity contribution in [1.82, 2.24) is 14.9 Å². The molecule has 122 valence electrons. The highest BCUT2D eigenvalue weighted by molar-refractivity contribution is 5.95. The number of fused-ring (bicyclic) bond motifs is 1. The van der Waals surface area contributed by atoms with E-state index in [4.69, 9.17) is 5.73 Å². The lowest BCUT2D eigenvalue weighted by Gasteiger charge is -2.20. The standard InChI is InChI=1S/C16H24N4O.ClH/c1-9(2)15-12(6-18-10(3)19-15)16(21)20-7-11-4-5-14(17)13(11)8-20;/h6,9,11,13-14H,4-5,7-8,17H2,1-3H3;1H. The SMILES string of the molecule is Cc1ncc(C(=O)N2CC3CCC(N)C3C2)c(C(C)C)n1.Cl. The molecule has 3 atom stereocenters. The van der Waals surface area contributed by atoms with Gasteiger partial charge in [-0.15, -0.1) is 12.4 Å². The molecule has 0 radical (unpaired) electrons. The molecule has 1 saturated carbocycles. The molecule has 1 aliphatic carbocycles. The Hall–Kier alpha value is -1.20. The van der Waals surface area contributed by atoms with Gasteiger partial charge in [0.2, 0.25) is 0 Å². The molecule has 5 nitrogen and oxygen atoms in total. The van der Waals surface area contributed by atoms with E-state index in [2.05, 4.69) is 23.8 Å². The highest BCUT2D eigenvalue weighted by atomic mass is 35.5. The van der Waals surface area contributed by atoms with E-state index in [0.717, 1.165) is 37.4 Å². The minimum atomic E-state index is 0. The summed E-state index contributed by atoms with van der Waals surface area (Å²) >= 11 is 0. The van der Waals surface area contributed by atoms with Crippen molar-refractivity contribution in [3.63, 3.8) is 0 Å². The lowest BCUT2D eigenvalue weighted by molar-refractivity contribution is 0.0777. The third-order valence-corrected chi connectivity index (χ3v) is 4.92. The summed E-state index contributed by atoms with van der Waals surface area (Å²) in [7, 11) is 0. The summed E-state index contributed by atoms with van der Waals surface area (Å²) in [6.07, 6.45) is 3.94. The Kier molecular flexibility index (Phi) is 5.07. The highest BCUT2D eigenvalue weighted by Crippen LogP contribution is 2.37. The lowest BCUT2D eigenvalue weighted by atomic mass is 9.98. The van der Waals surface area contributed by atoms with Gasteiger partial charge < -0.3 is 10.6 Å². The Morgan fingerprint density at radius 3 is 2.73 bits per heavy atom. The fourth-order valence-electron chi connectivity index (χ4n) is 3.74. The summed E-state index contributed by atoms with van der Waals surface area (Å²) in [6.45, 7) is 7.61. The van der Waals surface area contributed by atoms with Crippen molar-refractivity contribution < 1.29 is 4.79 Å². The van der Waals surface area contributed by atoms with E-state index in [9.17, 15) is 4.79 Å². The van der Waals surface area contributed by atoms with Crippen molar-refractivity contribution >= 4 is 18.3 Å². The predicted octanol–water partition coefficient (Wildman–Crippen LogP) is 2.14. The number of carbonyl (C=O) groups is 1. The van der Waals surface area contributed by atoms with Crippen LogP contribution < -0.4 is 5.73 Å². The molecular weight excluding hydrogens is 300 g/mol. The van der Waals surface area contributed by atoms with Crippen LogP contribution >= 0.6 is 12.4 Å². The molecule has 1 aromatic heterocycles. The number of carbonyl (C=O) groups excluding carboxylic acids is 1. The molecule has 3 rings (SSSR count). The first kappa shape index (κ1) is 17.2. The van der Waals surface area contributed by atoms with Gasteiger partial charge in [0, 0.05) is 25.3 Å². The molecule has 2 N–H and O–H groups in total. The topological polar surface area (TPSA) is 72.1 Å². The van der Waals surface area contributed by atoms with E-state index in [1.165, 1.54) is 0 Å². The van der Waals surface area contributed by atoms with Crippen LogP contribution in [0.1, 0.15) is 54.5 Å². The quantitative estimate of drug-likeness (QED) is 0.904. The number of rotatable bonds is 2. The normalized spacial score (nSPS) is 27.0. The number of likely N-dealkylation sites (tertiary alicyclic amines) is 1. The second kappa shape index (κ2) is 6.50. The Bertz CT molecular complexity index is 563. The summed E-state index contributed by atoms with van der Waals surface area (Å²) < 4.78 is 0. The van der Waals surface area contributed by atoms with E-state index in [1.54, 1.807) is 6.20 Å². The number of amides is 1. The summed E-state index contributed by atoms with van der Waals surface area (Å²) in [5, 5.41) is 0. The number of aryl methyl sites for hydroxylation is 1. The third kappa shape index (κ3) is 2.97. The Balaban J connectivity index is 0.00000176. The maximum Gasteiger partial charge on any atom is 0.257 e. The Morgan fingerprint density at radius 1 is 1.36 bits per heavy atom. The molecule has 1 saturated heterocycles. The molecule has 22 heavy (non-hydrogen) atoms. The van der Waals surface area contributed by atoms with Gasteiger partial charge in [0.25, 0.3) is 5.91 Å². The van der Waals surface area contributed by atoms with Crippen molar-refractivity contribution in [3.05, 3.63) is 23.3 Å². The summed E-state index contributed by atoms with van der Waals surface area (Å²) in [5.74, 6) is 2.06. The first-order chi connectivity index (χ1) is 9.97. The molecule has 0 spiro atoms. The summed E-state index contributed by atoms with van der Waals surface area (Å²) in [5.41, 5.74) is 7.67. The van der Waals surface area contributed by atoms with E-state index in [0.29, 0.717) is 17.4 Å². The average molecular weight is 325 g/mol. The van der Waals surface area contributed by atoms with Crippen molar-refractivity contribution in [2.45, 2.75) is 45.6 Å². The maximum atomic E-state index is 12.8. The molecule has 3 unspecified atom stereocenters. The molecule has 1 aliphatic heterocycles. The van der Waals surface area contributed by atoms with Gasteiger partial charge >= 0.3 is 0 Å². The van der Waals surface area contributed by atoms with Crippen LogP contribution in [0.15, 0.2) is 6.20 Å². The van der Waals surface area contributed by atoms with Crippen LogP contribution in [0.25, 0.3) is 0 Å². The molecule has 2 fully saturated rings. The molecule has 2 heterocycles. The van der Waals surface area contributed by atoms with E-state index >= 15 is 0 Å². The van der Waals surface area contributed by atoms with Crippen molar-refractivity contribution in [2.24, 2.45) is 17.6 Å². The van der Waals surface area contributed by atoms with E-state index < -0.39 is 0 Å². The minimum absolute atomic E-state index is 0. The molecular formula is C16H25ClN4O. The summed E-state index contributed by atoms with van der Waals surface area (Å²) in [6, 6.07) is 0.256. The number of nitrogens with zero attached hydrogens (tertiary/aromatic N) is 3. The molecule has 2 aliphatic rings. The lowest BCUT2D eigenvalue weighted by Crippen LogP contribution is -2.34. The van der Waals surface area contributed by atoms with Gasteiger partial charge in [-0.2, -0.15) is 0 Å². The molecule has 1 aromatic rings. The number of nitrogens with two attached hydrogens (primary N) is 1. The Labute approximate surface area is 138 Å². The van der Waals surface area contributed by atoms with E-state index in [1.807, 2.05) is 11.8 Å². The summed E-state index contributed by atoms with van der Waals surface area (Å²) in [4.78, 5) is 23.5. The minimum Gasteiger partial charge on any atom is -0.338 e. The zero-order valence-electron chi connectivity index (χ0n) is 13.5. The third-order valence-electron chi connectivity index (χ3n) is 4.92. The Morgan fingerprint density at radius 2 is 2.09 bits per heavy atom. The predicted molar refractivity (Wildman–Crippen MR) is 88.2 cm³/mol. The average Bonchev–Trinajstić information content (AvgIpc) is 3.00. The monoisotopic (exact) mass is 324 g/mol. The van der Waals surface area contributed by atoms with Crippen molar-refractivity contribution in [1.29, 1.82) is 0 Å². The van der Waals surface area contributed by atoms with Crippen LogP contribution in [-0.2, 0) is 0 Å². The van der Waals surface area contributed by atoms with Crippen LogP contribution in [-0.4, -0.2) is 39.9 Å². The molecule has 0 bridgehead atoms. The van der Waals surface area contributed by atoms with Gasteiger partial charge in [0.15, 0.2) is 0 Å². The largest absolute Gasteiger partial charge is 0.338 e. The molecule has 6 heteroatoms. The van der Waals surface area contributed by atoms with Gasteiger partial charge in [-0.1, -0.05) is 13.8 Å². The first-order valence-electron chi connectivity index (χ1n) is 7.85. The van der Waals surface area contributed by atoms with Crippen molar-refractivity contribution in [2.75, 3.05) is 13.1 Å². The zero-order valence-corrected chi connectivity index (χ0v) is 14.3. The van der Waals surface area contributed by atoms with Gasteiger partial charge in [-0.3, -0.25) is 4.79 Å². The number of halogens is 1. The molecule has 1 amide bonds. The second-order valence-corrected chi connectivity index (χ2v) is 6.75. The highest BCUT2D eigenvalue weighted by Gasteiger charge is 2.43. The second-order valence-electron chi connectivity index (χ2n) is 6.75.